The quantitative estimate of drug-likeness (QED) is 0.463. The number of rotatable bonds is 5. The van der Waals surface area contributed by atoms with Crippen molar-refractivity contribution < 1.29 is 14.3 Å². The van der Waals surface area contributed by atoms with Gasteiger partial charge in [0.1, 0.15) is 11.2 Å². The number of aliphatic hydroxyl groups is 1. The highest BCUT2D eigenvalue weighted by atomic mass is 28.4. The van der Waals surface area contributed by atoms with Crippen LogP contribution in [0.4, 0.5) is 5.69 Å². The lowest BCUT2D eigenvalue weighted by Crippen LogP contribution is -2.49. The average Bonchev–Trinajstić information content (AvgIpc) is 2.85. The van der Waals surface area contributed by atoms with Gasteiger partial charge in [-0.05, 0) is 53.6 Å². The summed E-state index contributed by atoms with van der Waals surface area (Å²) in [4.78, 5) is 0. The molecule has 0 aromatic heterocycles. The Balaban J connectivity index is 1.90. The van der Waals surface area contributed by atoms with Crippen LogP contribution < -0.4 is 5.73 Å². The summed E-state index contributed by atoms with van der Waals surface area (Å²) in [6.07, 6.45) is 6.86. The van der Waals surface area contributed by atoms with Gasteiger partial charge in [-0.3, -0.25) is 0 Å². The summed E-state index contributed by atoms with van der Waals surface area (Å²) < 4.78 is 12.8. The summed E-state index contributed by atoms with van der Waals surface area (Å²) >= 11 is 0. The zero-order chi connectivity index (χ0) is 19.2. The molecule has 2 bridgehead atoms. The van der Waals surface area contributed by atoms with Crippen LogP contribution in [0.25, 0.3) is 5.57 Å². The molecule has 2 atom stereocenters. The molecule has 0 saturated heterocycles. The molecule has 2 aliphatic heterocycles. The summed E-state index contributed by atoms with van der Waals surface area (Å²) in [6.45, 7) is 11.6. The van der Waals surface area contributed by atoms with Crippen molar-refractivity contribution in [2.75, 3.05) is 18.9 Å². The van der Waals surface area contributed by atoms with Gasteiger partial charge >= 0.3 is 0 Å². The number of nitrogens with two attached hydrogens (primary N) is 1. The number of benzene rings is 1. The van der Waals surface area contributed by atoms with Gasteiger partial charge in [-0.15, -0.1) is 0 Å². The molecule has 1 aromatic carbocycles. The number of ether oxygens (including phenoxy) is 1. The fraction of sp³-hybridized carbons (Fsp3) is 0.524. The van der Waals surface area contributed by atoms with Crippen LogP contribution in [0, 0.1) is 0 Å². The molecule has 0 aliphatic carbocycles. The van der Waals surface area contributed by atoms with Crippen molar-refractivity contribution in [2.45, 2.75) is 56.5 Å². The molecule has 4 nitrogen and oxygen atoms in total. The van der Waals surface area contributed by atoms with Crippen molar-refractivity contribution >= 4 is 19.6 Å². The van der Waals surface area contributed by atoms with Crippen LogP contribution in [-0.4, -0.2) is 37.8 Å². The maximum absolute atomic E-state index is 9.99. The highest BCUT2D eigenvalue weighted by molar-refractivity contribution is 6.74. The Morgan fingerprint density at radius 2 is 1.85 bits per heavy atom. The zero-order valence-corrected chi connectivity index (χ0v) is 17.5. The first-order valence-electron chi connectivity index (χ1n) is 9.23. The first kappa shape index (κ1) is 19.4. The van der Waals surface area contributed by atoms with Crippen LogP contribution in [-0.2, 0) is 9.16 Å². The smallest absolute Gasteiger partial charge is 0.192 e. The number of hydrogen-bond acceptors (Lipinski definition) is 4. The maximum Gasteiger partial charge on any atom is 0.192 e. The Hall–Kier alpha value is -1.40. The van der Waals surface area contributed by atoms with E-state index in [9.17, 15) is 5.11 Å². The summed E-state index contributed by atoms with van der Waals surface area (Å²) in [5, 5.41) is 10.1. The second-order valence-corrected chi connectivity index (χ2v) is 13.9. The van der Waals surface area contributed by atoms with E-state index in [1.54, 1.807) is 0 Å². The number of anilines is 1. The normalized spacial score (nSPS) is 28.3. The Morgan fingerprint density at radius 3 is 2.42 bits per heavy atom. The van der Waals surface area contributed by atoms with Gasteiger partial charge in [0.2, 0.25) is 0 Å². The van der Waals surface area contributed by atoms with Crippen molar-refractivity contribution in [3.8, 4) is 0 Å². The fourth-order valence-corrected chi connectivity index (χ4v) is 4.25. The van der Waals surface area contributed by atoms with Crippen LogP contribution in [0.3, 0.4) is 0 Å². The van der Waals surface area contributed by atoms with E-state index in [0.717, 1.165) is 16.8 Å². The van der Waals surface area contributed by atoms with E-state index >= 15 is 0 Å². The Morgan fingerprint density at radius 1 is 1.19 bits per heavy atom. The molecule has 3 rings (SSSR count). The van der Waals surface area contributed by atoms with Crippen molar-refractivity contribution in [2.24, 2.45) is 0 Å². The second-order valence-electron chi connectivity index (χ2n) is 9.13. The Labute approximate surface area is 157 Å². The molecule has 5 heteroatoms. The minimum Gasteiger partial charge on any atom is -0.413 e. The summed E-state index contributed by atoms with van der Waals surface area (Å²) in [7, 11) is -1.90. The molecule has 3 N–H and O–H groups in total. The lowest BCUT2D eigenvalue weighted by Gasteiger charge is -2.42. The van der Waals surface area contributed by atoms with Crippen molar-refractivity contribution in [3.05, 3.63) is 48.1 Å². The molecule has 1 aromatic rings. The molecule has 2 heterocycles. The van der Waals surface area contributed by atoms with E-state index < -0.39 is 19.5 Å². The molecule has 2 aliphatic rings. The third kappa shape index (κ3) is 3.54. The Kier molecular flexibility index (Phi) is 4.72. The van der Waals surface area contributed by atoms with E-state index in [1.165, 1.54) is 0 Å². The SMILES string of the molecule is CC(C)(C)[Si](C)(C)OC[C@]12C=C[C@](CO)(CC(c3ccc(N)cc3)=C1)O2. The number of nitrogen functional groups attached to an aromatic ring is 1. The van der Waals surface area contributed by atoms with Gasteiger partial charge in [0, 0.05) is 12.1 Å². The molecular weight excluding hydrogens is 342 g/mol. The molecule has 0 saturated carbocycles. The first-order valence-corrected chi connectivity index (χ1v) is 12.1. The molecule has 0 spiro atoms. The third-order valence-electron chi connectivity index (χ3n) is 5.98. The van der Waals surface area contributed by atoms with Crippen LogP contribution in [0.15, 0.2) is 42.5 Å². The predicted octanol–water partition coefficient (Wildman–Crippen LogP) is 4.13. The van der Waals surface area contributed by atoms with E-state index in [2.05, 4.69) is 46.0 Å². The highest BCUT2D eigenvalue weighted by Gasteiger charge is 2.49. The van der Waals surface area contributed by atoms with Gasteiger partial charge in [0.25, 0.3) is 0 Å². The van der Waals surface area contributed by atoms with Gasteiger partial charge in [0.15, 0.2) is 8.32 Å². The van der Waals surface area contributed by atoms with Crippen LogP contribution in [0.5, 0.6) is 0 Å². The highest BCUT2D eigenvalue weighted by Crippen LogP contribution is 2.46. The molecule has 142 valence electrons. The lowest BCUT2D eigenvalue weighted by molar-refractivity contribution is -0.107. The van der Waals surface area contributed by atoms with E-state index in [1.807, 2.05) is 30.3 Å². The standard InChI is InChI=1S/C21H31NO3Si/c1-19(2,3)26(4,5)24-15-21-11-10-20(14-23,25-21)12-17(13-21)16-6-8-18(22)9-7-16/h6-11,13,23H,12,14-15,22H2,1-5H3/t20-,21+/m1/s1. The van der Waals surface area contributed by atoms with Crippen LogP contribution in [0.1, 0.15) is 32.8 Å². The maximum atomic E-state index is 9.99. The minimum absolute atomic E-state index is 0.0440. The monoisotopic (exact) mass is 373 g/mol. The molecule has 0 unspecified atom stereocenters. The lowest BCUT2D eigenvalue weighted by atomic mass is 9.88. The number of hydrogen-bond donors (Lipinski definition) is 2. The van der Waals surface area contributed by atoms with Crippen molar-refractivity contribution in [1.82, 2.24) is 0 Å². The first-order chi connectivity index (χ1) is 12.0. The predicted molar refractivity (Wildman–Crippen MR) is 109 cm³/mol. The average molecular weight is 374 g/mol. The van der Waals surface area contributed by atoms with Crippen LogP contribution in [0.2, 0.25) is 18.1 Å². The fourth-order valence-electron chi connectivity index (χ4n) is 3.23. The van der Waals surface area contributed by atoms with Crippen molar-refractivity contribution in [3.63, 3.8) is 0 Å². The molecule has 0 radical (unpaired) electrons. The topological polar surface area (TPSA) is 64.7 Å². The Bertz CT molecular complexity index is 733. The second kappa shape index (κ2) is 6.34. The summed E-state index contributed by atoms with van der Waals surface area (Å²) in [5.41, 5.74) is 7.56. The van der Waals surface area contributed by atoms with E-state index in [-0.39, 0.29) is 11.6 Å². The van der Waals surface area contributed by atoms with Crippen LogP contribution >= 0.6 is 0 Å². The zero-order valence-electron chi connectivity index (χ0n) is 16.5. The molecule has 0 fully saturated rings. The number of fused-ring (bicyclic) bond motifs is 2. The number of aliphatic hydroxyl groups excluding tert-OH is 1. The summed E-state index contributed by atoms with van der Waals surface area (Å²) in [6, 6.07) is 7.87. The van der Waals surface area contributed by atoms with Gasteiger partial charge < -0.3 is 20.0 Å². The largest absolute Gasteiger partial charge is 0.413 e. The summed E-state index contributed by atoms with van der Waals surface area (Å²) in [5.74, 6) is 0. The molecule has 26 heavy (non-hydrogen) atoms. The molecule has 0 amide bonds. The van der Waals surface area contributed by atoms with Gasteiger partial charge in [-0.2, -0.15) is 0 Å². The third-order valence-corrected chi connectivity index (χ3v) is 10.5. The van der Waals surface area contributed by atoms with Gasteiger partial charge in [-0.1, -0.05) is 39.0 Å². The molecular formula is C21H31NO3Si. The van der Waals surface area contributed by atoms with E-state index in [0.29, 0.717) is 13.0 Å². The minimum atomic E-state index is -1.90. The van der Waals surface area contributed by atoms with Gasteiger partial charge in [0.05, 0.1) is 13.2 Å². The van der Waals surface area contributed by atoms with E-state index in [4.69, 9.17) is 14.9 Å². The van der Waals surface area contributed by atoms with Gasteiger partial charge in [-0.25, -0.2) is 0 Å². The van der Waals surface area contributed by atoms with Crippen molar-refractivity contribution in [1.29, 1.82) is 0 Å².